The highest BCUT2D eigenvalue weighted by Gasteiger charge is 2.18. The SMILES string of the molecule is CC.C\C=C(F)/C(/C=N\C(C(N)=O)=C(/O)c1ccc(OCC(O)CN2CCN(C)CC2)cc1)=C(\C)F. The van der Waals surface area contributed by atoms with Crippen LogP contribution in [0.4, 0.5) is 8.78 Å². The first-order valence-corrected chi connectivity index (χ1v) is 11.9. The second-order valence-corrected chi connectivity index (χ2v) is 8.00. The van der Waals surface area contributed by atoms with Crippen molar-refractivity contribution in [2.45, 2.75) is 33.8 Å². The van der Waals surface area contributed by atoms with Crippen molar-refractivity contribution in [1.29, 1.82) is 0 Å². The summed E-state index contributed by atoms with van der Waals surface area (Å²) in [6, 6.07) is 6.04. The number of likely N-dealkylation sites (N-methyl/N-ethyl adjacent to an activating group) is 1. The van der Waals surface area contributed by atoms with Gasteiger partial charge >= 0.3 is 0 Å². The smallest absolute Gasteiger partial charge is 0.271 e. The molecule has 0 saturated carbocycles. The molecule has 1 fully saturated rings. The maximum Gasteiger partial charge on any atom is 0.271 e. The van der Waals surface area contributed by atoms with Gasteiger partial charge in [0.1, 0.15) is 30.1 Å². The molecule has 0 bridgehead atoms. The Kier molecular flexibility index (Phi) is 13.6. The zero-order valence-corrected chi connectivity index (χ0v) is 21.7. The van der Waals surface area contributed by atoms with E-state index < -0.39 is 40.7 Å². The van der Waals surface area contributed by atoms with Crippen LogP contribution in [0.25, 0.3) is 5.76 Å². The Morgan fingerprint density at radius 2 is 1.78 bits per heavy atom. The molecular weight excluding hydrogens is 470 g/mol. The highest BCUT2D eigenvalue weighted by atomic mass is 19.1. The lowest BCUT2D eigenvalue weighted by Crippen LogP contribution is -2.47. The van der Waals surface area contributed by atoms with Crippen LogP contribution in [-0.4, -0.2) is 84.6 Å². The molecule has 1 aliphatic rings. The van der Waals surface area contributed by atoms with Crippen molar-refractivity contribution < 1.29 is 28.5 Å². The number of hydrogen-bond donors (Lipinski definition) is 3. The normalized spacial score (nSPS) is 17.6. The number of piperazine rings is 1. The molecule has 1 unspecified atom stereocenters. The molecule has 1 aromatic rings. The first-order valence-electron chi connectivity index (χ1n) is 11.9. The molecule has 0 spiro atoms. The lowest BCUT2D eigenvalue weighted by atomic mass is 10.1. The van der Waals surface area contributed by atoms with Gasteiger partial charge in [-0.1, -0.05) is 19.9 Å². The van der Waals surface area contributed by atoms with Crippen molar-refractivity contribution in [3.8, 4) is 5.75 Å². The van der Waals surface area contributed by atoms with Crippen LogP contribution < -0.4 is 10.5 Å². The predicted molar refractivity (Wildman–Crippen MR) is 139 cm³/mol. The fraction of sp³-hybridized carbons (Fsp3) is 0.462. The minimum absolute atomic E-state index is 0.0958. The molecule has 1 amide bonds. The molecule has 1 atom stereocenters. The molecule has 200 valence electrons. The summed E-state index contributed by atoms with van der Waals surface area (Å²) in [4.78, 5) is 19.9. The van der Waals surface area contributed by atoms with E-state index in [0.29, 0.717) is 12.3 Å². The largest absolute Gasteiger partial charge is 0.505 e. The number of carbonyl (C=O) groups is 1. The van der Waals surface area contributed by atoms with Gasteiger partial charge in [0.25, 0.3) is 5.91 Å². The van der Waals surface area contributed by atoms with Gasteiger partial charge in [0, 0.05) is 44.5 Å². The average Bonchev–Trinajstić information content (AvgIpc) is 2.87. The quantitative estimate of drug-likeness (QED) is 0.193. The Hall–Kier alpha value is -3.08. The van der Waals surface area contributed by atoms with Gasteiger partial charge in [-0.25, -0.2) is 13.8 Å². The molecule has 1 heterocycles. The molecule has 1 aliphatic heterocycles. The third kappa shape index (κ3) is 9.88. The molecule has 0 aromatic heterocycles. The first-order chi connectivity index (χ1) is 17.1. The van der Waals surface area contributed by atoms with Crippen LogP contribution in [0.5, 0.6) is 5.75 Å². The van der Waals surface area contributed by atoms with Crippen molar-refractivity contribution in [3.63, 3.8) is 0 Å². The third-order valence-electron chi connectivity index (χ3n) is 5.30. The van der Waals surface area contributed by atoms with E-state index in [-0.39, 0.29) is 12.2 Å². The molecule has 0 aliphatic carbocycles. The van der Waals surface area contributed by atoms with Gasteiger partial charge in [-0.05, 0) is 45.2 Å². The number of benzene rings is 1. The Morgan fingerprint density at radius 3 is 2.28 bits per heavy atom. The fourth-order valence-electron chi connectivity index (χ4n) is 3.26. The van der Waals surface area contributed by atoms with Gasteiger partial charge in [-0.3, -0.25) is 9.69 Å². The number of halogens is 2. The number of rotatable bonds is 10. The van der Waals surface area contributed by atoms with E-state index in [0.717, 1.165) is 45.4 Å². The second kappa shape index (κ2) is 15.8. The summed E-state index contributed by atoms with van der Waals surface area (Å²) in [5.41, 5.74) is 4.47. The Balaban J connectivity index is 0.00000316. The van der Waals surface area contributed by atoms with E-state index >= 15 is 0 Å². The number of nitrogens with zero attached hydrogens (tertiary/aromatic N) is 3. The number of carbonyl (C=O) groups excluding carboxylic acids is 1. The van der Waals surface area contributed by atoms with Crippen LogP contribution in [0.1, 0.15) is 33.3 Å². The minimum Gasteiger partial charge on any atom is -0.505 e. The number of primary amides is 1. The lowest BCUT2D eigenvalue weighted by Gasteiger charge is -2.33. The van der Waals surface area contributed by atoms with Crippen LogP contribution >= 0.6 is 0 Å². The number of nitrogens with two attached hydrogens (primary N) is 1. The molecular formula is C26H38F2N4O4. The van der Waals surface area contributed by atoms with E-state index in [1.165, 1.54) is 19.1 Å². The van der Waals surface area contributed by atoms with E-state index in [4.69, 9.17) is 10.5 Å². The number of β-amino-alcohol motifs (C(OH)–C–C–N with tert-alkyl or cyclic N) is 1. The van der Waals surface area contributed by atoms with Gasteiger partial charge < -0.3 is 25.6 Å². The van der Waals surface area contributed by atoms with Crippen molar-refractivity contribution in [2.24, 2.45) is 10.7 Å². The minimum atomic E-state index is -1.07. The zero-order valence-electron chi connectivity index (χ0n) is 21.7. The molecule has 36 heavy (non-hydrogen) atoms. The van der Waals surface area contributed by atoms with Crippen LogP contribution in [0.15, 0.2) is 58.3 Å². The lowest BCUT2D eigenvalue weighted by molar-refractivity contribution is -0.114. The number of allylic oxidation sites excluding steroid dienone is 4. The number of aliphatic imine (C=N–C) groups is 1. The maximum atomic E-state index is 13.8. The second-order valence-electron chi connectivity index (χ2n) is 8.00. The van der Waals surface area contributed by atoms with Gasteiger partial charge in [-0.15, -0.1) is 0 Å². The Morgan fingerprint density at radius 1 is 1.19 bits per heavy atom. The summed E-state index contributed by atoms with van der Waals surface area (Å²) in [6.07, 6.45) is 1.17. The van der Waals surface area contributed by atoms with E-state index in [2.05, 4.69) is 21.8 Å². The molecule has 2 rings (SSSR count). The summed E-state index contributed by atoms with van der Waals surface area (Å²) in [5.74, 6) is -2.89. The molecule has 4 N–H and O–H groups in total. The molecule has 10 heteroatoms. The number of aliphatic hydroxyl groups is 2. The monoisotopic (exact) mass is 508 g/mol. The molecule has 8 nitrogen and oxygen atoms in total. The summed E-state index contributed by atoms with van der Waals surface area (Å²) in [5, 5.41) is 20.7. The zero-order chi connectivity index (χ0) is 27.3. The van der Waals surface area contributed by atoms with E-state index in [9.17, 15) is 23.8 Å². The third-order valence-corrected chi connectivity index (χ3v) is 5.30. The standard InChI is InChI=1S/C24H32F2N4O4.C2H6/c1-4-21(26)20(16(2)25)13-28-22(24(27)33)23(32)17-5-7-19(8-6-17)34-15-18(31)14-30-11-9-29(3)10-12-30;1-2/h4-8,13,18,31-32H,9-12,14-15H2,1-3H3,(H2,27,33);1-2H3/b20-16+,21-4+,23-22-,28-13-;. The molecule has 1 aromatic carbocycles. The van der Waals surface area contributed by atoms with Crippen molar-refractivity contribution in [1.82, 2.24) is 9.80 Å². The van der Waals surface area contributed by atoms with Gasteiger partial charge in [0.2, 0.25) is 0 Å². The average molecular weight is 509 g/mol. The molecule has 1 saturated heterocycles. The van der Waals surface area contributed by atoms with Crippen molar-refractivity contribution in [2.75, 3.05) is 46.4 Å². The Bertz CT molecular complexity index is 963. The van der Waals surface area contributed by atoms with E-state index in [1.54, 1.807) is 12.1 Å². The summed E-state index contributed by atoms with van der Waals surface area (Å²) < 4.78 is 33.0. The van der Waals surface area contributed by atoms with Gasteiger partial charge in [0.05, 0.1) is 5.57 Å². The first kappa shape index (κ1) is 31.0. The van der Waals surface area contributed by atoms with Gasteiger partial charge in [0.15, 0.2) is 11.5 Å². The summed E-state index contributed by atoms with van der Waals surface area (Å²) in [7, 11) is 2.06. The van der Waals surface area contributed by atoms with Crippen molar-refractivity contribution >= 4 is 17.9 Å². The number of hydrogen-bond acceptors (Lipinski definition) is 7. The number of amides is 1. The predicted octanol–water partition coefficient (Wildman–Crippen LogP) is 3.60. The molecule has 0 radical (unpaired) electrons. The van der Waals surface area contributed by atoms with Crippen molar-refractivity contribution in [3.05, 3.63) is 58.8 Å². The fourth-order valence-corrected chi connectivity index (χ4v) is 3.26. The highest BCUT2D eigenvalue weighted by molar-refractivity contribution is 6.01. The number of ether oxygens (including phenoxy) is 1. The van der Waals surface area contributed by atoms with Crippen LogP contribution in [0.3, 0.4) is 0 Å². The van der Waals surface area contributed by atoms with Crippen LogP contribution in [-0.2, 0) is 4.79 Å². The van der Waals surface area contributed by atoms with E-state index in [1.807, 2.05) is 13.8 Å². The number of aliphatic hydroxyl groups excluding tert-OH is 2. The Labute approximate surface area is 212 Å². The topological polar surface area (TPSA) is 112 Å². The van der Waals surface area contributed by atoms with Crippen LogP contribution in [0, 0.1) is 0 Å². The maximum absolute atomic E-state index is 13.8. The van der Waals surface area contributed by atoms with Crippen LogP contribution in [0.2, 0.25) is 0 Å². The highest BCUT2D eigenvalue weighted by Crippen LogP contribution is 2.22. The van der Waals surface area contributed by atoms with Gasteiger partial charge in [-0.2, -0.15) is 0 Å². The summed E-state index contributed by atoms with van der Waals surface area (Å²) >= 11 is 0. The summed E-state index contributed by atoms with van der Waals surface area (Å²) in [6.45, 7) is 10.7.